The number of aliphatic carboxylic acids is 1. The Kier molecular flexibility index (Phi) is 19.4. The van der Waals surface area contributed by atoms with Gasteiger partial charge in [0, 0.05) is 71.2 Å². The van der Waals surface area contributed by atoms with Crippen LogP contribution in [-0.2, 0) is 59.5 Å². The standard InChI is InChI=1S/C50H67N7O14S2/c1-6-50(4,5)43(60)47(64)56-21-8-7-15-37(56)49(67)71-34(18-17-31-12-10-19-51-26-31)28-70-22-20-52-38(59)16-11-23-73(68,69)55-44(61)32-13-9-14-33(24-32)54-45(62)36-25-35(27-53-36)72-42-29(2)40-39(30(3)58)46(63)57(40)41(42)48(65)66/h9-10,12-14,19,24,26,29-30,34-37,39-40,53,58H,6-8,11,15-18,20-23,25,27-28H2,1-5H3,(H,52,59)(H,54,62)(H,55,61)(H,65,66)/t29-,30-,34-,35+,36+,37+,39-,40-/m1/s1. The van der Waals surface area contributed by atoms with Gasteiger partial charge >= 0.3 is 11.9 Å². The number of hydrogen-bond acceptors (Lipinski definition) is 16. The van der Waals surface area contributed by atoms with Crippen LogP contribution in [0.15, 0.2) is 59.4 Å². The summed E-state index contributed by atoms with van der Waals surface area (Å²) in [5, 5.41) is 28.5. The molecular weight excluding hydrogens is 987 g/mol. The predicted molar refractivity (Wildman–Crippen MR) is 268 cm³/mol. The molecular formula is C50H67N7O14S2. The molecule has 21 nitrogen and oxygen atoms in total. The number of anilines is 1. The smallest absolute Gasteiger partial charge is 0.353 e. The minimum absolute atomic E-state index is 0.0240. The van der Waals surface area contributed by atoms with Gasteiger partial charge in [0.15, 0.2) is 0 Å². The predicted octanol–water partition coefficient (Wildman–Crippen LogP) is 2.54. The minimum atomic E-state index is -4.18. The summed E-state index contributed by atoms with van der Waals surface area (Å²) in [7, 11) is -4.18. The number of hydrogen-bond donors (Lipinski definition) is 6. The molecule has 23 heteroatoms. The SMILES string of the molecule is CCC(C)(C)C(=O)C(=O)N1CCCC[C@H]1C(=O)O[C@H](CCc1cccnc1)COCCNC(=O)CCCS(=O)(=O)NC(=O)c1cccc(NC(=O)[C@@H]2C[C@H](SC3=C(C(=O)O)N4C(=O)[C@H]([C@@H](C)O)[C@H]4[C@H]3C)CN2)c1. The highest BCUT2D eigenvalue weighted by Gasteiger charge is 2.60. The van der Waals surface area contributed by atoms with Crippen molar-refractivity contribution in [3.8, 4) is 0 Å². The van der Waals surface area contributed by atoms with Crippen LogP contribution in [0.2, 0.25) is 0 Å². The first-order valence-electron chi connectivity index (χ1n) is 24.8. The van der Waals surface area contributed by atoms with Gasteiger partial charge in [0.25, 0.3) is 11.8 Å². The van der Waals surface area contributed by atoms with Gasteiger partial charge in [-0.3, -0.25) is 33.8 Å². The summed E-state index contributed by atoms with van der Waals surface area (Å²) in [4.78, 5) is 111. The molecule has 0 saturated carbocycles. The van der Waals surface area contributed by atoms with Crippen LogP contribution in [0.3, 0.4) is 0 Å². The molecule has 3 saturated heterocycles. The van der Waals surface area contributed by atoms with E-state index in [0.29, 0.717) is 56.4 Å². The second kappa shape index (κ2) is 25.0. The van der Waals surface area contributed by atoms with Gasteiger partial charge in [-0.15, -0.1) is 11.8 Å². The number of benzene rings is 1. The number of carbonyl (C=O) groups excluding carboxylic acids is 7. The molecule has 0 unspecified atom stereocenters. The number of likely N-dealkylation sites (tertiary alicyclic amines) is 1. The van der Waals surface area contributed by atoms with Crippen molar-refractivity contribution in [2.24, 2.45) is 17.3 Å². The Bertz CT molecular complexity index is 2540. The Morgan fingerprint density at radius 2 is 1.85 bits per heavy atom. The lowest BCUT2D eigenvalue weighted by Gasteiger charge is -2.46. The molecule has 5 heterocycles. The van der Waals surface area contributed by atoms with E-state index in [9.17, 15) is 57.0 Å². The number of aromatic nitrogens is 1. The Labute approximate surface area is 429 Å². The van der Waals surface area contributed by atoms with E-state index in [-0.39, 0.29) is 67.3 Å². The van der Waals surface area contributed by atoms with E-state index in [0.717, 1.165) is 5.56 Å². The normalized spacial score (nSPS) is 22.7. The van der Waals surface area contributed by atoms with Crippen LogP contribution < -0.4 is 20.7 Å². The number of aryl methyl sites for hydroxylation is 1. The highest BCUT2D eigenvalue weighted by molar-refractivity contribution is 8.03. The van der Waals surface area contributed by atoms with Crippen LogP contribution in [0.1, 0.15) is 102 Å². The van der Waals surface area contributed by atoms with Gasteiger partial charge in [-0.2, -0.15) is 0 Å². The Hall–Kier alpha value is -5.75. The molecule has 0 radical (unpaired) electrons. The molecule has 1 aromatic heterocycles. The number of nitrogens with zero attached hydrogens (tertiary/aromatic N) is 3. The van der Waals surface area contributed by atoms with Crippen molar-refractivity contribution in [2.45, 2.75) is 128 Å². The van der Waals surface area contributed by atoms with E-state index in [4.69, 9.17) is 9.47 Å². The molecule has 0 bridgehead atoms. The monoisotopic (exact) mass is 1050 g/mol. The Morgan fingerprint density at radius 3 is 2.55 bits per heavy atom. The summed E-state index contributed by atoms with van der Waals surface area (Å²) in [5.74, 6) is -6.91. The summed E-state index contributed by atoms with van der Waals surface area (Å²) < 4.78 is 39.5. The number of esters is 1. The molecule has 1 aromatic carbocycles. The third-order valence-corrected chi connectivity index (χ3v) is 16.7. The second-order valence-corrected chi connectivity index (χ2v) is 22.8. The Morgan fingerprint density at radius 1 is 1.08 bits per heavy atom. The summed E-state index contributed by atoms with van der Waals surface area (Å²) in [6.45, 7) is 9.28. The molecule has 398 valence electrons. The van der Waals surface area contributed by atoms with Crippen molar-refractivity contribution < 1.29 is 66.5 Å². The molecule has 6 rings (SSSR count). The van der Waals surface area contributed by atoms with E-state index in [1.165, 1.54) is 52.8 Å². The number of ketones is 1. The summed E-state index contributed by atoms with van der Waals surface area (Å²) in [6, 6.07) is 7.34. The number of carboxylic acids is 1. The number of β-lactam (4-membered cyclic amide) rings is 1. The van der Waals surface area contributed by atoms with Crippen molar-refractivity contribution in [2.75, 3.05) is 43.9 Å². The van der Waals surface area contributed by atoms with Crippen LogP contribution in [-0.4, -0.2) is 155 Å². The van der Waals surface area contributed by atoms with Gasteiger partial charge < -0.3 is 45.4 Å². The van der Waals surface area contributed by atoms with Gasteiger partial charge in [-0.1, -0.05) is 39.8 Å². The average Bonchev–Trinajstić information content (AvgIpc) is 3.92. The lowest BCUT2D eigenvalue weighted by Crippen LogP contribution is -2.63. The largest absolute Gasteiger partial charge is 0.477 e. The number of pyridine rings is 1. The number of amides is 5. The number of piperidine rings is 1. The number of carbonyl (C=O) groups is 8. The van der Waals surface area contributed by atoms with Gasteiger partial charge in [0.1, 0.15) is 17.8 Å². The third-order valence-electron chi connectivity index (χ3n) is 13.8. The van der Waals surface area contributed by atoms with Crippen LogP contribution in [0.4, 0.5) is 5.69 Å². The van der Waals surface area contributed by atoms with Crippen LogP contribution >= 0.6 is 11.8 Å². The molecule has 2 aromatic rings. The van der Waals surface area contributed by atoms with E-state index < -0.39 is 105 Å². The molecule has 3 fully saturated rings. The zero-order valence-electron chi connectivity index (χ0n) is 41.8. The molecule has 0 spiro atoms. The number of aliphatic hydroxyl groups excluding tert-OH is 1. The highest BCUT2D eigenvalue weighted by Crippen LogP contribution is 2.52. The summed E-state index contributed by atoms with van der Waals surface area (Å²) in [6.07, 6.45) is 4.78. The fourth-order valence-corrected chi connectivity index (χ4v) is 11.9. The minimum Gasteiger partial charge on any atom is -0.477 e. The lowest BCUT2D eigenvalue weighted by molar-refractivity contribution is -0.166. The average molecular weight is 1050 g/mol. The van der Waals surface area contributed by atoms with Crippen molar-refractivity contribution in [1.82, 2.24) is 30.1 Å². The molecule has 73 heavy (non-hydrogen) atoms. The first kappa shape index (κ1) is 56.5. The number of sulfonamides is 1. The number of Topliss-reactive ketones (excluding diaryl/α,β-unsaturated/α-hetero) is 1. The van der Waals surface area contributed by atoms with Crippen molar-refractivity contribution in [3.05, 3.63) is 70.5 Å². The summed E-state index contributed by atoms with van der Waals surface area (Å²) in [5.41, 5.74) is 0.123. The van der Waals surface area contributed by atoms with Crippen LogP contribution in [0.5, 0.6) is 0 Å². The number of carboxylic acid groups (broad SMARTS) is 1. The molecule has 4 aliphatic rings. The topological polar surface area (TPSA) is 297 Å². The number of aliphatic hydroxyl groups is 1. The molecule has 4 aliphatic heterocycles. The third kappa shape index (κ3) is 14.3. The maximum Gasteiger partial charge on any atom is 0.353 e. The van der Waals surface area contributed by atoms with Crippen molar-refractivity contribution >= 4 is 74.7 Å². The first-order chi connectivity index (χ1) is 34.6. The number of nitrogens with one attached hydrogen (secondary N) is 4. The fourth-order valence-electron chi connectivity index (χ4n) is 9.35. The Balaban J connectivity index is 0.912. The number of thioether (sulfide) groups is 1. The van der Waals surface area contributed by atoms with E-state index in [1.54, 1.807) is 32.3 Å². The maximum atomic E-state index is 13.6. The summed E-state index contributed by atoms with van der Waals surface area (Å²) >= 11 is 1.30. The van der Waals surface area contributed by atoms with E-state index in [2.05, 4.69) is 20.9 Å². The number of ether oxygens (including phenoxy) is 2. The number of fused-ring (bicyclic) bond motifs is 1. The van der Waals surface area contributed by atoms with Gasteiger partial charge in [-0.25, -0.2) is 22.7 Å². The molecule has 6 N–H and O–H groups in total. The lowest BCUT2D eigenvalue weighted by atomic mass is 9.79. The van der Waals surface area contributed by atoms with E-state index >= 15 is 0 Å². The van der Waals surface area contributed by atoms with Gasteiger partial charge in [-0.05, 0) is 88.1 Å². The number of rotatable bonds is 25. The van der Waals surface area contributed by atoms with Crippen molar-refractivity contribution in [1.29, 1.82) is 0 Å². The molecule has 8 atom stereocenters. The first-order valence-corrected chi connectivity index (χ1v) is 27.3. The van der Waals surface area contributed by atoms with Crippen LogP contribution in [0.25, 0.3) is 0 Å². The fraction of sp³-hybridized carbons (Fsp3) is 0.580. The quantitative estimate of drug-likeness (QED) is 0.0360. The van der Waals surface area contributed by atoms with Gasteiger partial charge in [0.2, 0.25) is 33.5 Å². The maximum absolute atomic E-state index is 13.6. The van der Waals surface area contributed by atoms with Crippen LogP contribution in [0, 0.1) is 17.3 Å². The molecule has 5 amide bonds. The van der Waals surface area contributed by atoms with Crippen molar-refractivity contribution in [3.63, 3.8) is 0 Å². The second-order valence-electron chi connectivity index (χ2n) is 19.6. The molecule has 0 aliphatic carbocycles. The van der Waals surface area contributed by atoms with Gasteiger partial charge in [0.05, 0.1) is 43.1 Å². The zero-order chi connectivity index (χ0) is 53.2. The van der Waals surface area contributed by atoms with E-state index in [1.807, 2.05) is 24.6 Å². The highest BCUT2D eigenvalue weighted by atomic mass is 32.2. The zero-order valence-corrected chi connectivity index (χ0v) is 43.4.